The number of amides is 2. The van der Waals surface area contributed by atoms with E-state index >= 15 is 0 Å². The molecule has 0 aliphatic carbocycles. The van der Waals surface area contributed by atoms with E-state index in [-0.39, 0.29) is 23.8 Å². The van der Waals surface area contributed by atoms with Crippen LogP contribution in [-0.4, -0.2) is 60.9 Å². The smallest absolute Gasteiger partial charge is 0.243 e. The van der Waals surface area contributed by atoms with Gasteiger partial charge < -0.3 is 10.2 Å². The maximum atomic E-state index is 12.3. The largest absolute Gasteiger partial charge is 0.357 e. The van der Waals surface area contributed by atoms with Gasteiger partial charge in [0.2, 0.25) is 11.8 Å². The molecular formula is C18H27N3O2. The number of piperazine rings is 1. The SMILES string of the molecule is CNC(=O)C1CN(CCc2ccccc2)CCN1C(=O)C(C)C. The van der Waals surface area contributed by atoms with Crippen LogP contribution in [-0.2, 0) is 16.0 Å². The van der Waals surface area contributed by atoms with Gasteiger partial charge in [-0.25, -0.2) is 0 Å². The summed E-state index contributed by atoms with van der Waals surface area (Å²) in [6, 6.07) is 9.95. The molecule has 1 aromatic carbocycles. The predicted molar refractivity (Wildman–Crippen MR) is 91.0 cm³/mol. The Kier molecular flexibility index (Phi) is 6.16. The predicted octanol–water partition coefficient (Wildman–Crippen LogP) is 1.14. The minimum Gasteiger partial charge on any atom is -0.357 e. The van der Waals surface area contributed by atoms with Crippen molar-refractivity contribution >= 4 is 11.8 Å². The molecular weight excluding hydrogens is 290 g/mol. The molecule has 1 aliphatic rings. The Morgan fingerprint density at radius 3 is 2.52 bits per heavy atom. The number of hydrogen-bond acceptors (Lipinski definition) is 3. The normalized spacial score (nSPS) is 19.0. The summed E-state index contributed by atoms with van der Waals surface area (Å²) in [5, 5.41) is 2.69. The van der Waals surface area contributed by atoms with Gasteiger partial charge in [-0.1, -0.05) is 44.2 Å². The van der Waals surface area contributed by atoms with Crippen molar-refractivity contribution in [2.45, 2.75) is 26.3 Å². The van der Waals surface area contributed by atoms with Crippen molar-refractivity contribution in [3.63, 3.8) is 0 Å². The van der Waals surface area contributed by atoms with Gasteiger partial charge >= 0.3 is 0 Å². The van der Waals surface area contributed by atoms with E-state index in [2.05, 4.69) is 22.3 Å². The number of carbonyl (C=O) groups excluding carboxylic acids is 2. The van der Waals surface area contributed by atoms with Gasteiger partial charge in [0.1, 0.15) is 6.04 Å². The van der Waals surface area contributed by atoms with Crippen LogP contribution in [0.2, 0.25) is 0 Å². The van der Waals surface area contributed by atoms with E-state index in [0.29, 0.717) is 13.1 Å². The zero-order valence-electron chi connectivity index (χ0n) is 14.3. The number of carbonyl (C=O) groups is 2. The Hall–Kier alpha value is -1.88. The second-order valence-corrected chi connectivity index (χ2v) is 6.35. The molecule has 0 aromatic heterocycles. The summed E-state index contributed by atoms with van der Waals surface area (Å²) in [5.41, 5.74) is 1.30. The van der Waals surface area contributed by atoms with E-state index in [9.17, 15) is 9.59 Å². The fourth-order valence-electron chi connectivity index (χ4n) is 2.96. The third-order valence-electron chi connectivity index (χ3n) is 4.35. The summed E-state index contributed by atoms with van der Waals surface area (Å²) in [7, 11) is 1.63. The standard InChI is InChI=1S/C18H27N3O2/c1-14(2)18(23)21-12-11-20(13-16(21)17(22)19-3)10-9-15-7-5-4-6-8-15/h4-8,14,16H,9-13H2,1-3H3,(H,19,22). The van der Waals surface area contributed by atoms with E-state index in [0.717, 1.165) is 19.5 Å². The first-order valence-electron chi connectivity index (χ1n) is 8.31. The van der Waals surface area contributed by atoms with Gasteiger partial charge in [0.05, 0.1) is 0 Å². The molecule has 1 N–H and O–H groups in total. The van der Waals surface area contributed by atoms with E-state index < -0.39 is 0 Å². The first kappa shape index (κ1) is 17.5. The molecule has 1 heterocycles. The van der Waals surface area contributed by atoms with E-state index in [1.807, 2.05) is 32.0 Å². The Morgan fingerprint density at radius 2 is 1.91 bits per heavy atom. The highest BCUT2D eigenvalue weighted by Crippen LogP contribution is 2.14. The van der Waals surface area contributed by atoms with Crippen LogP contribution >= 0.6 is 0 Å². The molecule has 1 fully saturated rings. The number of benzene rings is 1. The Labute approximate surface area is 138 Å². The van der Waals surface area contributed by atoms with Gasteiger partial charge in [-0.05, 0) is 12.0 Å². The van der Waals surface area contributed by atoms with Gasteiger partial charge in [0.15, 0.2) is 0 Å². The molecule has 5 heteroatoms. The molecule has 1 unspecified atom stereocenters. The van der Waals surface area contributed by atoms with Crippen molar-refractivity contribution in [1.29, 1.82) is 0 Å². The average Bonchev–Trinajstić information content (AvgIpc) is 2.59. The van der Waals surface area contributed by atoms with Gasteiger partial charge in [0, 0.05) is 39.1 Å². The first-order chi connectivity index (χ1) is 11.0. The van der Waals surface area contributed by atoms with Crippen LogP contribution in [0.15, 0.2) is 30.3 Å². The Morgan fingerprint density at radius 1 is 1.22 bits per heavy atom. The third-order valence-corrected chi connectivity index (χ3v) is 4.35. The van der Waals surface area contributed by atoms with Gasteiger partial charge in [-0.15, -0.1) is 0 Å². The van der Waals surface area contributed by atoms with Crippen LogP contribution < -0.4 is 5.32 Å². The van der Waals surface area contributed by atoms with E-state index in [1.165, 1.54) is 5.56 Å². The van der Waals surface area contributed by atoms with Crippen LogP contribution in [0.1, 0.15) is 19.4 Å². The number of nitrogens with zero attached hydrogens (tertiary/aromatic N) is 2. The summed E-state index contributed by atoms with van der Waals surface area (Å²) in [6.07, 6.45) is 0.958. The molecule has 0 radical (unpaired) electrons. The molecule has 2 rings (SSSR count). The quantitative estimate of drug-likeness (QED) is 0.886. The molecule has 126 valence electrons. The molecule has 2 amide bonds. The lowest BCUT2D eigenvalue weighted by molar-refractivity contribution is -0.146. The lowest BCUT2D eigenvalue weighted by Gasteiger charge is -2.41. The summed E-state index contributed by atoms with van der Waals surface area (Å²) in [6.45, 7) is 6.70. The van der Waals surface area contributed by atoms with Gasteiger partial charge in [0.25, 0.3) is 0 Å². The topological polar surface area (TPSA) is 52.7 Å². The van der Waals surface area contributed by atoms with Gasteiger partial charge in [-0.2, -0.15) is 0 Å². The highest BCUT2D eigenvalue weighted by Gasteiger charge is 2.35. The second-order valence-electron chi connectivity index (χ2n) is 6.35. The summed E-state index contributed by atoms with van der Waals surface area (Å²) < 4.78 is 0. The fraction of sp³-hybridized carbons (Fsp3) is 0.556. The van der Waals surface area contributed by atoms with Crippen molar-refractivity contribution in [2.24, 2.45) is 5.92 Å². The monoisotopic (exact) mass is 317 g/mol. The number of hydrogen-bond donors (Lipinski definition) is 1. The molecule has 1 aliphatic heterocycles. The highest BCUT2D eigenvalue weighted by molar-refractivity contribution is 5.88. The zero-order valence-corrected chi connectivity index (χ0v) is 14.3. The Bertz CT molecular complexity index is 530. The van der Waals surface area contributed by atoms with Crippen LogP contribution in [0.4, 0.5) is 0 Å². The fourth-order valence-corrected chi connectivity index (χ4v) is 2.96. The van der Waals surface area contributed by atoms with Crippen LogP contribution in [0.5, 0.6) is 0 Å². The number of likely N-dealkylation sites (N-methyl/N-ethyl adjacent to an activating group) is 1. The van der Waals surface area contributed by atoms with E-state index in [1.54, 1.807) is 11.9 Å². The van der Waals surface area contributed by atoms with Crippen molar-refractivity contribution in [1.82, 2.24) is 15.1 Å². The molecule has 1 atom stereocenters. The maximum Gasteiger partial charge on any atom is 0.243 e. The lowest BCUT2D eigenvalue weighted by atomic mass is 10.1. The van der Waals surface area contributed by atoms with Crippen molar-refractivity contribution in [3.05, 3.63) is 35.9 Å². The molecule has 0 spiro atoms. The molecule has 5 nitrogen and oxygen atoms in total. The van der Waals surface area contributed by atoms with Gasteiger partial charge in [-0.3, -0.25) is 14.5 Å². The minimum absolute atomic E-state index is 0.0568. The molecule has 1 saturated heterocycles. The lowest BCUT2D eigenvalue weighted by Crippen LogP contribution is -2.61. The molecule has 23 heavy (non-hydrogen) atoms. The molecule has 0 saturated carbocycles. The van der Waals surface area contributed by atoms with Crippen LogP contribution in [0.25, 0.3) is 0 Å². The minimum atomic E-state index is -0.389. The molecule has 0 bridgehead atoms. The summed E-state index contributed by atoms with van der Waals surface area (Å²) >= 11 is 0. The van der Waals surface area contributed by atoms with Crippen molar-refractivity contribution in [2.75, 3.05) is 33.2 Å². The summed E-state index contributed by atoms with van der Waals surface area (Å²) in [4.78, 5) is 28.5. The van der Waals surface area contributed by atoms with Crippen molar-refractivity contribution < 1.29 is 9.59 Å². The second kappa shape index (κ2) is 8.11. The van der Waals surface area contributed by atoms with Crippen LogP contribution in [0, 0.1) is 5.92 Å². The highest BCUT2D eigenvalue weighted by atomic mass is 16.2. The molecule has 1 aromatic rings. The Balaban J connectivity index is 1.98. The summed E-state index contributed by atoms with van der Waals surface area (Å²) in [5.74, 6) is -0.109. The number of rotatable bonds is 5. The van der Waals surface area contributed by atoms with Crippen molar-refractivity contribution in [3.8, 4) is 0 Å². The zero-order chi connectivity index (χ0) is 16.8. The number of nitrogens with one attached hydrogen (secondary N) is 1. The average molecular weight is 317 g/mol. The first-order valence-corrected chi connectivity index (χ1v) is 8.31. The third kappa shape index (κ3) is 4.55. The maximum absolute atomic E-state index is 12.3. The van der Waals surface area contributed by atoms with E-state index in [4.69, 9.17) is 0 Å². The van der Waals surface area contributed by atoms with Crippen LogP contribution in [0.3, 0.4) is 0 Å².